The van der Waals surface area contributed by atoms with Crippen LogP contribution in [0.3, 0.4) is 0 Å². The van der Waals surface area contributed by atoms with E-state index < -0.39 is 23.8 Å². The molecule has 4 aromatic carbocycles. The Labute approximate surface area is 301 Å². The Morgan fingerprint density at radius 2 is 0.846 bits per heavy atom. The van der Waals surface area contributed by atoms with Crippen molar-refractivity contribution in [2.75, 3.05) is 41.7 Å². The van der Waals surface area contributed by atoms with E-state index in [0.717, 1.165) is 11.1 Å². The van der Waals surface area contributed by atoms with Gasteiger partial charge in [0.1, 0.15) is 0 Å². The average molecular weight is 715 g/mol. The minimum Gasteiger partial charge on any atom is -0.504 e. The predicted molar refractivity (Wildman–Crippen MR) is 193 cm³/mol. The minimum absolute atomic E-state index is 0.0370. The summed E-state index contributed by atoms with van der Waals surface area (Å²) in [6.45, 7) is -0.155. The summed E-state index contributed by atoms with van der Waals surface area (Å²) < 4.78 is 32.4. The third kappa shape index (κ3) is 10.8. The molecule has 12 nitrogen and oxygen atoms in total. The second-order valence-corrected chi connectivity index (χ2v) is 11.7. The van der Waals surface area contributed by atoms with E-state index in [-0.39, 0.29) is 59.2 Å². The summed E-state index contributed by atoms with van der Waals surface area (Å²) in [5.74, 6) is -1.24. The van der Waals surface area contributed by atoms with E-state index in [2.05, 4.69) is 0 Å². The first-order chi connectivity index (χ1) is 25.0. The Hall–Kier alpha value is -6.30. The van der Waals surface area contributed by atoms with Crippen molar-refractivity contribution < 1.29 is 58.4 Å². The largest absolute Gasteiger partial charge is 0.504 e. The molecule has 0 aromatic heterocycles. The van der Waals surface area contributed by atoms with Crippen molar-refractivity contribution in [1.82, 2.24) is 0 Å². The second kappa shape index (κ2) is 18.6. The molecule has 0 bridgehead atoms. The number of benzene rings is 4. The Morgan fingerprint density at radius 3 is 1.19 bits per heavy atom. The number of hydrogen-bond acceptors (Lipinski definition) is 12. The second-order valence-electron chi connectivity index (χ2n) is 11.7. The molecule has 4 aromatic rings. The SMILES string of the molecule is COc1cc(/C=C/C(=O)OCC(Cc2ccc(O)c(OC)c2)[C@H](COC(=O)/C=C/c2ccc(O)c(OC)c2)Cc2ccc(O)c(OC)c2)ccc1O. The summed E-state index contributed by atoms with van der Waals surface area (Å²) in [6.07, 6.45) is 6.25. The molecule has 0 heterocycles. The number of phenols is 4. The van der Waals surface area contributed by atoms with Gasteiger partial charge in [-0.3, -0.25) is 0 Å². The van der Waals surface area contributed by atoms with Crippen molar-refractivity contribution in [3.05, 3.63) is 107 Å². The normalized spacial score (nSPS) is 12.3. The summed E-state index contributed by atoms with van der Waals surface area (Å²) in [5.41, 5.74) is 2.74. The number of carbonyl (C=O) groups is 2. The maximum absolute atomic E-state index is 13.0. The summed E-state index contributed by atoms with van der Waals surface area (Å²) in [7, 11) is 5.73. The monoisotopic (exact) mass is 714 g/mol. The lowest BCUT2D eigenvalue weighted by molar-refractivity contribution is -0.143. The van der Waals surface area contributed by atoms with Crippen LogP contribution in [0.4, 0.5) is 0 Å². The van der Waals surface area contributed by atoms with E-state index >= 15 is 0 Å². The van der Waals surface area contributed by atoms with Crippen molar-refractivity contribution >= 4 is 24.1 Å². The molecule has 0 radical (unpaired) electrons. The first-order valence-corrected chi connectivity index (χ1v) is 16.2. The van der Waals surface area contributed by atoms with Gasteiger partial charge in [0.15, 0.2) is 46.0 Å². The summed E-state index contributed by atoms with van der Waals surface area (Å²) >= 11 is 0. The highest BCUT2D eigenvalue weighted by Gasteiger charge is 2.26. The fourth-order valence-corrected chi connectivity index (χ4v) is 5.43. The molecule has 274 valence electrons. The minimum atomic E-state index is -0.630. The van der Waals surface area contributed by atoms with Gasteiger partial charge in [-0.2, -0.15) is 0 Å². The van der Waals surface area contributed by atoms with Crippen LogP contribution in [0.1, 0.15) is 22.3 Å². The molecule has 0 spiro atoms. The van der Waals surface area contributed by atoms with Crippen LogP contribution in [0.5, 0.6) is 46.0 Å². The fraction of sp³-hybridized carbons (Fsp3) is 0.250. The van der Waals surface area contributed by atoms with Gasteiger partial charge in [0.2, 0.25) is 0 Å². The zero-order chi connectivity index (χ0) is 37.6. The molecule has 0 saturated heterocycles. The van der Waals surface area contributed by atoms with Crippen LogP contribution < -0.4 is 18.9 Å². The van der Waals surface area contributed by atoms with Gasteiger partial charge in [-0.05, 0) is 95.8 Å². The van der Waals surface area contributed by atoms with E-state index in [4.69, 9.17) is 28.4 Å². The van der Waals surface area contributed by atoms with E-state index in [1.165, 1.54) is 77.0 Å². The molecule has 0 amide bonds. The highest BCUT2D eigenvalue weighted by atomic mass is 16.5. The number of ether oxygens (including phenoxy) is 6. The Kier molecular flexibility index (Phi) is 13.8. The Bertz CT molecular complexity index is 1760. The van der Waals surface area contributed by atoms with Crippen molar-refractivity contribution in [3.63, 3.8) is 0 Å². The van der Waals surface area contributed by atoms with E-state index in [0.29, 0.717) is 24.0 Å². The van der Waals surface area contributed by atoms with Crippen LogP contribution in [-0.2, 0) is 31.9 Å². The van der Waals surface area contributed by atoms with Crippen molar-refractivity contribution in [2.45, 2.75) is 12.8 Å². The summed E-state index contributed by atoms with van der Waals surface area (Å²) in [4.78, 5) is 26.0. The van der Waals surface area contributed by atoms with Gasteiger partial charge in [-0.15, -0.1) is 0 Å². The van der Waals surface area contributed by atoms with Crippen molar-refractivity contribution in [3.8, 4) is 46.0 Å². The molecule has 2 atom stereocenters. The highest BCUT2D eigenvalue weighted by molar-refractivity contribution is 5.87. The van der Waals surface area contributed by atoms with E-state index in [1.54, 1.807) is 48.5 Å². The maximum Gasteiger partial charge on any atom is 0.330 e. The van der Waals surface area contributed by atoms with E-state index in [1.807, 2.05) is 0 Å². The molecule has 0 aliphatic heterocycles. The maximum atomic E-state index is 13.0. The Morgan fingerprint density at radius 1 is 0.519 bits per heavy atom. The molecule has 1 unspecified atom stereocenters. The number of methoxy groups -OCH3 is 4. The Balaban J connectivity index is 1.61. The number of aromatic hydroxyl groups is 4. The van der Waals surface area contributed by atoms with Crippen molar-refractivity contribution in [1.29, 1.82) is 0 Å². The lowest BCUT2D eigenvalue weighted by Crippen LogP contribution is -2.30. The average Bonchev–Trinajstić information content (AvgIpc) is 3.15. The summed E-state index contributed by atoms with van der Waals surface area (Å²) in [6, 6.07) is 19.1. The van der Waals surface area contributed by atoms with Crippen LogP contribution in [-0.4, -0.2) is 74.0 Å². The van der Waals surface area contributed by atoms with Crippen LogP contribution in [0.2, 0.25) is 0 Å². The van der Waals surface area contributed by atoms with Gasteiger partial charge in [-0.25, -0.2) is 9.59 Å². The number of hydrogen-bond donors (Lipinski definition) is 4. The standard InChI is InChI=1S/C40H42O12/c1-47-35-19-25(5-11-31(35)41)9-15-39(45)51-23-29(17-27-7-13-33(43)37(21-27)49-3)30(18-28-8-14-34(44)38(22-28)50-4)24-52-40(46)16-10-26-6-12-32(42)36(20-26)48-2/h5-16,19-22,29-30,41-44H,17-18,23-24H2,1-4H3/b15-9+,16-10+/t29-,30?/m0/s1. The van der Waals surface area contributed by atoms with Gasteiger partial charge in [0, 0.05) is 24.0 Å². The van der Waals surface area contributed by atoms with Crippen LogP contribution in [0.15, 0.2) is 84.9 Å². The number of phenolic OH excluding ortho intramolecular Hbond substituents is 4. The number of rotatable bonds is 17. The lowest BCUT2D eigenvalue weighted by atomic mass is 9.83. The van der Waals surface area contributed by atoms with Gasteiger partial charge < -0.3 is 48.8 Å². The lowest BCUT2D eigenvalue weighted by Gasteiger charge is -2.27. The molecular weight excluding hydrogens is 672 g/mol. The van der Waals surface area contributed by atoms with E-state index in [9.17, 15) is 30.0 Å². The first kappa shape index (κ1) is 38.5. The van der Waals surface area contributed by atoms with Gasteiger partial charge in [0.25, 0.3) is 0 Å². The molecule has 52 heavy (non-hydrogen) atoms. The summed E-state index contributed by atoms with van der Waals surface area (Å²) in [5, 5.41) is 40.2. The zero-order valence-electron chi connectivity index (χ0n) is 29.3. The molecule has 4 N–H and O–H groups in total. The first-order valence-electron chi connectivity index (χ1n) is 16.2. The zero-order valence-corrected chi connectivity index (χ0v) is 29.3. The third-order valence-corrected chi connectivity index (χ3v) is 8.26. The smallest absolute Gasteiger partial charge is 0.330 e. The highest BCUT2D eigenvalue weighted by Crippen LogP contribution is 2.33. The number of carbonyl (C=O) groups excluding carboxylic acids is 2. The van der Waals surface area contributed by atoms with Crippen molar-refractivity contribution in [2.24, 2.45) is 11.8 Å². The number of esters is 2. The molecule has 0 aliphatic carbocycles. The quantitative estimate of drug-likeness (QED) is 0.0736. The van der Waals surface area contributed by atoms with Crippen LogP contribution >= 0.6 is 0 Å². The van der Waals surface area contributed by atoms with Gasteiger partial charge in [-0.1, -0.05) is 24.3 Å². The van der Waals surface area contributed by atoms with Gasteiger partial charge in [0.05, 0.1) is 41.7 Å². The molecule has 0 aliphatic rings. The predicted octanol–water partition coefficient (Wildman–Crippen LogP) is 6.07. The molecule has 12 heteroatoms. The van der Waals surface area contributed by atoms with Gasteiger partial charge >= 0.3 is 11.9 Å². The third-order valence-electron chi connectivity index (χ3n) is 8.26. The topological polar surface area (TPSA) is 170 Å². The van der Waals surface area contributed by atoms with Crippen LogP contribution in [0.25, 0.3) is 12.2 Å². The molecule has 0 fully saturated rings. The fourth-order valence-electron chi connectivity index (χ4n) is 5.43. The molecular formula is C40H42O12. The van der Waals surface area contributed by atoms with Crippen LogP contribution in [0, 0.1) is 11.8 Å². The molecule has 0 saturated carbocycles. The molecule has 4 rings (SSSR count).